The van der Waals surface area contributed by atoms with E-state index in [1.807, 2.05) is 13.0 Å². The molecule has 31 heavy (non-hydrogen) atoms. The van der Waals surface area contributed by atoms with Crippen molar-refractivity contribution >= 4 is 15.9 Å². The average Bonchev–Trinajstić information content (AvgIpc) is 2.75. The third-order valence-corrected chi connectivity index (χ3v) is 7.86. The summed E-state index contributed by atoms with van der Waals surface area (Å²) in [6.45, 7) is 7.04. The van der Waals surface area contributed by atoms with Crippen LogP contribution >= 0.6 is 0 Å². The number of piperidine rings is 1. The molecule has 1 aliphatic carbocycles. The van der Waals surface area contributed by atoms with Crippen LogP contribution in [-0.4, -0.2) is 31.8 Å². The van der Waals surface area contributed by atoms with E-state index in [0.717, 1.165) is 48.9 Å². The maximum absolute atomic E-state index is 12.5. The number of likely N-dealkylation sites (tertiary alicyclic amines) is 1. The zero-order valence-corrected chi connectivity index (χ0v) is 19.4. The molecule has 5 nitrogen and oxygen atoms in total. The van der Waals surface area contributed by atoms with Gasteiger partial charge in [-0.25, -0.2) is 13.6 Å². The number of nitrogens with two attached hydrogens (primary N) is 1. The summed E-state index contributed by atoms with van der Waals surface area (Å²) < 4.78 is 23.9. The maximum Gasteiger partial charge on any atom is 0.238 e. The molecule has 2 atom stereocenters. The van der Waals surface area contributed by atoms with Crippen LogP contribution in [0.4, 0.5) is 0 Å². The first-order chi connectivity index (χ1) is 14.7. The predicted molar refractivity (Wildman–Crippen MR) is 123 cm³/mol. The van der Waals surface area contributed by atoms with Crippen LogP contribution in [0.5, 0.6) is 0 Å². The zero-order chi connectivity index (χ0) is 22.3. The molecule has 6 heteroatoms. The van der Waals surface area contributed by atoms with Gasteiger partial charge in [-0.1, -0.05) is 45.0 Å². The van der Waals surface area contributed by atoms with Crippen molar-refractivity contribution in [2.24, 2.45) is 11.1 Å². The molecule has 2 aromatic rings. The summed E-state index contributed by atoms with van der Waals surface area (Å²) in [6.07, 6.45) is 4.65. The van der Waals surface area contributed by atoms with Crippen molar-refractivity contribution in [2.75, 3.05) is 6.54 Å². The van der Waals surface area contributed by atoms with E-state index in [0.29, 0.717) is 18.4 Å². The summed E-state index contributed by atoms with van der Waals surface area (Å²) in [4.78, 5) is 14.7. The highest BCUT2D eigenvalue weighted by Gasteiger charge is 2.37. The lowest BCUT2D eigenvalue weighted by molar-refractivity contribution is -0.136. The maximum atomic E-state index is 12.5. The van der Waals surface area contributed by atoms with E-state index in [2.05, 4.69) is 36.9 Å². The minimum absolute atomic E-state index is 0.144. The van der Waals surface area contributed by atoms with Crippen molar-refractivity contribution in [1.82, 2.24) is 4.90 Å². The Hall–Kier alpha value is -2.18. The summed E-state index contributed by atoms with van der Waals surface area (Å²) in [7, 11) is -3.76. The molecule has 2 N–H and O–H groups in total. The first-order valence-corrected chi connectivity index (χ1v) is 12.8. The molecule has 1 aliphatic heterocycles. The Bertz CT molecular complexity index is 1110. The van der Waals surface area contributed by atoms with Crippen LogP contribution < -0.4 is 5.14 Å². The Labute approximate surface area is 185 Å². The number of nitrogens with zero attached hydrogens (tertiary/aromatic N) is 1. The minimum atomic E-state index is -3.76. The second kappa shape index (κ2) is 8.40. The lowest BCUT2D eigenvalue weighted by Gasteiger charge is -2.44. The molecule has 0 unspecified atom stereocenters. The van der Waals surface area contributed by atoms with Gasteiger partial charge in [-0.2, -0.15) is 0 Å². The van der Waals surface area contributed by atoms with Crippen LogP contribution in [0.3, 0.4) is 0 Å². The van der Waals surface area contributed by atoms with E-state index in [1.165, 1.54) is 11.1 Å². The Kier molecular flexibility index (Phi) is 5.97. The average molecular weight is 441 g/mol. The molecule has 1 amide bonds. The van der Waals surface area contributed by atoms with Crippen LogP contribution in [0.2, 0.25) is 0 Å². The first kappa shape index (κ1) is 22.0. The van der Waals surface area contributed by atoms with Gasteiger partial charge in [-0.15, -0.1) is 0 Å². The fourth-order valence-corrected chi connectivity index (χ4v) is 5.86. The normalized spacial score (nSPS) is 21.0. The van der Waals surface area contributed by atoms with Gasteiger partial charge in [0.15, 0.2) is 0 Å². The minimum Gasteiger partial charge on any atom is -0.339 e. The molecule has 0 spiro atoms. The van der Waals surface area contributed by atoms with Crippen molar-refractivity contribution in [1.29, 1.82) is 0 Å². The number of benzene rings is 2. The van der Waals surface area contributed by atoms with Gasteiger partial charge >= 0.3 is 0 Å². The molecule has 1 saturated heterocycles. The van der Waals surface area contributed by atoms with Crippen molar-refractivity contribution in [3.8, 4) is 11.1 Å². The van der Waals surface area contributed by atoms with Gasteiger partial charge in [0.2, 0.25) is 15.9 Å². The lowest BCUT2D eigenvalue weighted by Crippen LogP contribution is -2.51. The molecule has 0 bridgehead atoms. The molecule has 0 radical (unpaired) electrons. The second-order valence-corrected chi connectivity index (χ2v) is 10.8. The van der Waals surface area contributed by atoms with E-state index in [-0.39, 0.29) is 16.7 Å². The van der Waals surface area contributed by atoms with E-state index in [4.69, 9.17) is 5.14 Å². The number of rotatable bonds is 4. The Morgan fingerprint density at radius 2 is 1.90 bits per heavy atom. The van der Waals surface area contributed by atoms with E-state index in [1.54, 1.807) is 12.1 Å². The molecular formula is C25H32N2O3S. The third-order valence-electron chi connectivity index (χ3n) is 6.94. The van der Waals surface area contributed by atoms with Gasteiger partial charge in [0.1, 0.15) is 0 Å². The highest BCUT2D eigenvalue weighted by molar-refractivity contribution is 7.89. The van der Waals surface area contributed by atoms with E-state index in [9.17, 15) is 13.2 Å². The Morgan fingerprint density at radius 1 is 1.13 bits per heavy atom. The van der Waals surface area contributed by atoms with Gasteiger partial charge in [0.05, 0.1) is 4.90 Å². The molecule has 4 rings (SSSR count). The van der Waals surface area contributed by atoms with E-state index < -0.39 is 10.0 Å². The van der Waals surface area contributed by atoms with Crippen LogP contribution in [0.25, 0.3) is 11.1 Å². The summed E-state index contributed by atoms with van der Waals surface area (Å²) in [5.41, 5.74) is 5.69. The highest BCUT2D eigenvalue weighted by Crippen LogP contribution is 2.38. The Morgan fingerprint density at radius 3 is 2.58 bits per heavy atom. The molecule has 2 aromatic carbocycles. The van der Waals surface area contributed by atoms with Crippen LogP contribution in [0, 0.1) is 5.92 Å². The van der Waals surface area contributed by atoms with Gasteiger partial charge in [-0.3, -0.25) is 4.79 Å². The van der Waals surface area contributed by atoms with Gasteiger partial charge in [0, 0.05) is 19.0 Å². The highest BCUT2D eigenvalue weighted by atomic mass is 32.2. The Balaban J connectivity index is 1.73. The van der Waals surface area contributed by atoms with Gasteiger partial charge in [-0.05, 0) is 77.5 Å². The number of hydrogen-bond acceptors (Lipinski definition) is 3. The summed E-state index contributed by atoms with van der Waals surface area (Å²) in [5, 5.41) is 5.40. The number of carbonyl (C=O) groups is 1. The summed E-state index contributed by atoms with van der Waals surface area (Å²) in [5.74, 6) is 1.01. The van der Waals surface area contributed by atoms with Gasteiger partial charge in [0.25, 0.3) is 0 Å². The van der Waals surface area contributed by atoms with E-state index >= 15 is 0 Å². The number of sulfonamides is 1. The number of amides is 1. The standard InChI is InChI=1S/C25H32N2O3S/c1-4-25(28)27-11-5-6-19-13-20-12-18(8-7-17(20)14-24(19)27)23-15-21(31(26,29)30)9-10-22(23)16(2)3/h7-10,12,15-16,19,24H,4-6,11,13-14H2,1-3H3,(H2,26,29,30)/t19-,24-/m1/s1. The van der Waals surface area contributed by atoms with Crippen LogP contribution in [-0.2, 0) is 27.7 Å². The van der Waals surface area contributed by atoms with Gasteiger partial charge < -0.3 is 4.90 Å². The fourth-order valence-electron chi connectivity index (χ4n) is 5.32. The molecule has 166 valence electrons. The molecule has 0 aromatic heterocycles. The second-order valence-electron chi connectivity index (χ2n) is 9.25. The predicted octanol–water partition coefficient (Wildman–Crippen LogP) is 4.24. The van der Waals surface area contributed by atoms with Crippen molar-refractivity contribution < 1.29 is 13.2 Å². The van der Waals surface area contributed by atoms with Crippen molar-refractivity contribution in [3.63, 3.8) is 0 Å². The summed E-state index contributed by atoms with van der Waals surface area (Å²) >= 11 is 0. The topological polar surface area (TPSA) is 80.5 Å². The molecule has 0 saturated carbocycles. The lowest BCUT2D eigenvalue weighted by atomic mass is 9.74. The van der Waals surface area contributed by atoms with Crippen LogP contribution in [0.1, 0.15) is 62.6 Å². The fraction of sp³-hybridized carbons (Fsp3) is 0.480. The monoisotopic (exact) mass is 440 g/mol. The molecule has 1 heterocycles. The molecule has 1 fully saturated rings. The first-order valence-electron chi connectivity index (χ1n) is 11.3. The number of primary sulfonamides is 1. The number of fused-ring (bicyclic) bond motifs is 2. The summed E-state index contributed by atoms with van der Waals surface area (Å²) in [6, 6.07) is 12.0. The largest absolute Gasteiger partial charge is 0.339 e. The molecular weight excluding hydrogens is 408 g/mol. The third kappa shape index (κ3) is 4.28. The molecule has 2 aliphatic rings. The van der Waals surface area contributed by atoms with Crippen molar-refractivity contribution in [2.45, 2.75) is 69.7 Å². The number of hydrogen-bond donors (Lipinski definition) is 1. The SMILES string of the molecule is CCC(=O)N1CCC[C@@H]2Cc3cc(-c4cc(S(N)(=O)=O)ccc4C(C)C)ccc3C[C@H]21. The quantitative estimate of drug-likeness (QED) is 0.772. The van der Waals surface area contributed by atoms with Crippen LogP contribution in [0.15, 0.2) is 41.3 Å². The van der Waals surface area contributed by atoms with Crippen molar-refractivity contribution in [3.05, 3.63) is 53.1 Å². The smallest absolute Gasteiger partial charge is 0.238 e. The zero-order valence-electron chi connectivity index (χ0n) is 18.6. The number of carbonyl (C=O) groups excluding carboxylic acids is 1.